The molecule has 0 saturated carbocycles. The van der Waals surface area contributed by atoms with Crippen LogP contribution in [0.25, 0.3) is 0 Å². The third-order valence-electron chi connectivity index (χ3n) is 4.60. The monoisotopic (exact) mass is 556 g/mol. The molecule has 0 saturated heterocycles. The Morgan fingerprint density at radius 2 is 1.14 bits per heavy atom. The first-order chi connectivity index (χ1) is 16.1. The van der Waals surface area contributed by atoms with E-state index in [0.717, 1.165) is 0 Å². The normalized spacial score (nSPS) is 11.0. The Labute approximate surface area is 228 Å². The quantitative estimate of drug-likeness (QED) is 0.285. The number of esters is 2. The number of carboxylic acid groups (broad SMARTS) is 1. The highest BCUT2D eigenvalue weighted by Gasteiger charge is 2.19. The van der Waals surface area contributed by atoms with E-state index in [-0.39, 0.29) is 92.8 Å². The van der Waals surface area contributed by atoms with Crippen molar-refractivity contribution in [2.45, 2.75) is 74.7 Å². The average molecular weight is 557 g/mol. The Hall–Kier alpha value is -2.53. The summed E-state index contributed by atoms with van der Waals surface area (Å²) in [5.41, 5.74) is 5.00. The second-order valence-electron chi connectivity index (χ2n) is 8.52. The second kappa shape index (κ2) is 26.5. The van der Waals surface area contributed by atoms with Crippen molar-refractivity contribution in [2.75, 3.05) is 27.3 Å². The van der Waals surface area contributed by atoms with Crippen molar-refractivity contribution in [1.82, 2.24) is 5.32 Å². The molecule has 12 heteroatoms. The number of Topliss-reactive ketones (excluding diaryl/α,β-unsaturated/α-hetero) is 2. The second-order valence-corrected chi connectivity index (χ2v) is 8.52. The highest BCUT2D eigenvalue weighted by atomic mass is 35.5. The smallest absolute Gasteiger partial charge is 0.307 e. The molecule has 2 atom stereocenters. The zero-order valence-electron chi connectivity index (χ0n) is 22.8. The largest absolute Gasteiger partial charge is 0.481 e. The van der Waals surface area contributed by atoms with Gasteiger partial charge in [-0.2, -0.15) is 0 Å². The maximum atomic E-state index is 11.6. The van der Waals surface area contributed by atoms with Crippen molar-refractivity contribution in [3.05, 3.63) is 0 Å². The molecule has 220 valence electrons. The zero-order chi connectivity index (χ0) is 28.1. The van der Waals surface area contributed by atoms with Gasteiger partial charge in [0.2, 0.25) is 5.91 Å². The molecule has 0 radical (unpaired) electrons. The van der Waals surface area contributed by atoms with Crippen LogP contribution in [0.3, 0.4) is 0 Å². The van der Waals surface area contributed by atoms with Gasteiger partial charge in [0.15, 0.2) is 0 Å². The Bertz CT molecular complexity index is 683. The highest BCUT2D eigenvalue weighted by Crippen LogP contribution is 2.09. The van der Waals surface area contributed by atoms with E-state index >= 15 is 0 Å². The molecule has 0 aliphatic heterocycles. The minimum atomic E-state index is -0.904. The molecule has 37 heavy (non-hydrogen) atoms. The number of aliphatic carboxylic acids is 1. The molecule has 0 unspecified atom stereocenters. The number of rotatable bonds is 13. The van der Waals surface area contributed by atoms with Gasteiger partial charge in [-0.1, -0.05) is 49.0 Å². The van der Waals surface area contributed by atoms with Crippen LogP contribution in [-0.4, -0.2) is 67.8 Å². The molecule has 0 heterocycles. The van der Waals surface area contributed by atoms with Crippen LogP contribution in [0.1, 0.15) is 74.7 Å². The van der Waals surface area contributed by atoms with Crippen LogP contribution in [0.5, 0.6) is 0 Å². The summed E-state index contributed by atoms with van der Waals surface area (Å²) in [4.78, 5) is 65.2. The van der Waals surface area contributed by atoms with Gasteiger partial charge in [-0.3, -0.25) is 28.8 Å². The topological polar surface area (TPSA) is 179 Å². The lowest BCUT2D eigenvalue weighted by atomic mass is 9.97. The molecule has 0 aromatic rings. The van der Waals surface area contributed by atoms with E-state index in [2.05, 4.69) is 14.8 Å². The van der Waals surface area contributed by atoms with Gasteiger partial charge < -0.3 is 25.6 Å². The number of carbonyl (C=O) groups is 6. The van der Waals surface area contributed by atoms with E-state index in [1.165, 1.54) is 14.2 Å². The number of nitrogens with one attached hydrogen (secondary N) is 1. The molecule has 0 aromatic carbocycles. The minimum absolute atomic E-state index is 0. The molecular weight excluding hydrogens is 508 g/mol. The summed E-state index contributed by atoms with van der Waals surface area (Å²) in [7, 11) is 2.64. The predicted octanol–water partition coefficient (Wildman–Crippen LogP) is 2.81. The Morgan fingerprint density at radius 1 is 0.757 bits per heavy atom. The number of hydrogen-bond donors (Lipinski definition) is 3. The lowest BCUT2D eigenvalue weighted by Crippen LogP contribution is -2.32. The average Bonchev–Trinajstić information content (AvgIpc) is 2.79. The molecule has 0 bridgehead atoms. The van der Waals surface area contributed by atoms with Crippen LogP contribution < -0.4 is 11.1 Å². The van der Waals surface area contributed by atoms with Gasteiger partial charge in [0.1, 0.15) is 11.6 Å². The number of carboxylic acids is 1. The maximum absolute atomic E-state index is 11.6. The number of ketones is 2. The molecule has 0 aromatic heterocycles. The fourth-order valence-electron chi connectivity index (χ4n) is 2.04. The summed E-state index contributed by atoms with van der Waals surface area (Å²) in [5.74, 6) is -2.66. The van der Waals surface area contributed by atoms with Crippen LogP contribution in [0, 0.1) is 23.7 Å². The molecule has 0 rings (SSSR count). The van der Waals surface area contributed by atoms with Gasteiger partial charge in [0, 0.05) is 43.7 Å². The summed E-state index contributed by atoms with van der Waals surface area (Å²) in [6.07, 6.45) is 0.846. The van der Waals surface area contributed by atoms with Gasteiger partial charge in [0.05, 0.1) is 33.0 Å². The molecule has 0 aliphatic rings. The van der Waals surface area contributed by atoms with Gasteiger partial charge >= 0.3 is 17.9 Å². The minimum Gasteiger partial charge on any atom is -0.481 e. The standard InChI is InChI=1S/C12H21NO4.C8H14O3.C4H9NO2.CH4.ClH/c1-8(2)10(14)7-9(3)12(16)13-6-5-11(15)17-4;1-5(2)7(9)4-6(3)8(10)11;1-7-4(6)2-3-5;;/h8-9H,5-7H2,1-4H3,(H,13,16);5-6H,4H2,1-3H3,(H,10,11);2-3,5H2,1H3;1H4;1H/t9-;6-;;;/m11.../s1. The Balaban J connectivity index is -0.000000148. The summed E-state index contributed by atoms with van der Waals surface area (Å²) in [6, 6.07) is 0. The number of halogens is 1. The molecule has 1 amide bonds. The van der Waals surface area contributed by atoms with Crippen LogP contribution in [0.2, 0.25) is 0 Å². The number of amides is 1. The highest BCUT2D eigenvalue weighted by molar-refractivity contribution is 5.87. The van der Waals surface area contributed by atoms with E-state index in [9.17, 15) is 28.8 Å². The molecule has 0 aliphatic carbocycles. The van der Waals surface area contributed by atoms with E-state index < -0.39 is 11.9 Å². The van der Waals surface area contributed by atoms with E-state index in [1.54, 1.807) is 27.7 Å². The van der Waals surface area contributed by atoms with E-state index in [0.29, 0.717) is 13.0 Å². The molecule has 11 nitrogen and oxygen atoms in total. The Kier molecular flexibility index (Phi) is 31.9. The summed E-state index contributed by atoms with van der Waals surface area (Å²) in [6.45, 7) is 11.0. The molecule has 4 N–H and O–H groups in total. The van der Waals surface area contributed by atoms with Crippen LogP contribution in [0.15, 0.2) is 0 Å². The summed E-state index contributed by atoms with van der Waals surface area (Å²) < 4.78 is 8.72. The van der Waals surface area contributed by atoms with Crippen LogP contribution in [-0.2, 0) is 38.2 Å². The van der Waals surface area contributed by atoms with Gasteiger partial charge in [-0.25, -0.2) is 0 Å². The van der Waals surface area contributed by atoms with Gasteiger partial charge in [-0.05, 0) is 0 Å². The first-order valence-electron chi connectivity index (χ1n) is 11.5. The van der Waals surface area contributed by atoms with E-state index in [4.69, 9.17) is 10.8 Å². The third kappa shape index (κ3) is 27.9. The summed E-state index contributed by atoms with van der Waals surface area (Å²) in [5, 5.41) is 11.1. The number of carbonyl (C=O) groups excluding carboxylic acids is 5. The zero-order valence-corrected chi connectivity index (χ0v) is 23.6. The maximum Gasteiger partial charge on any atom is 0.307 e. The lowest BCUT2D eigenvalue weighted by Gasteiger charge is -2.12. The first-order valence-corrected chi connectivity index (χ1v) is 11.5. The fourth-order valence-corrected chi connectivity index (χ4v) is 2.04. The molecule has 0 fully saturated rings. The van der Waals surface area contributed by atoms with Crippen LogP contribution >= 0.6 is 12.4 Å². The number of methoxy groups -OCH3 is 2. The van der Waals surface area contributed by atoms with Crippen LogP contribution in [0.4, 0.5) is 0 Å². The van der Waals surface area contributed by atoms with Crippen molar-refractivity contribution in [2.24, 2.45) is 29.4 Å². The van der Waals surface area contributed by atoms with Crippen molar-refractivity contribution in [3.63, 3.8) is 0 Å². The first kappa shape index (κ1) is 44.5. The lowest BCUT2D eigenvalue weighted by molar-refractivity contribution is -0.143. The number of ether oxygens (including phenoxy) is 2. The molecular formula is C25H49ClN2O9. The van der Waals surface area contributed by atoms with Gasteiger partial charge in [0.25, 0.3) is 0 Å². The number of nitrogens with two attached hydrogens (primary N) is 1. The van der Waals surface area contributed by atoms with Crippen molar-refractivity contribution >= 4 is 47.8 Å². The summed E-state index contributed by atoms with van der Waals surface area (Å²) >= 11 is 0. The fraction of sp³-hybridized carbons (Fsp3) is 0.760. The SMILES string of the molecule is C.CC(C)C(=O)C[C@@H](C)C(=O)O.COC(=O)CCN.COC(=O)CCNC(=O)[C@H](C)CC(=O)C(C)C.Cl. The van der Waals surface area contributed by atoms with Crippen molar-refractivity contribution in [1.29, 1.82) is 0 Å². The number of hydrogen-bond acceptors (Lipinski definition) is 9. The Morgan fingerprint density at radius 3 is 1.43 bits per heavy atom. The van der Waals surface area contributed by atoms with Crippen molar-refractivity contribution < 1.29 is 43.3 Å². The van der Waals surface area contributed by atoms with E-state index in [1.807, 2.05) is 13.8 Å². The van der Waals surface area contributed by atoms with Gasteiger partial charge in [-0.15, -0.1) is 12.4 Å². The van der Waals surface area contributed by atoms with Crippen molar-refractivity contribution in [3.8, 4) is 0 Å². The predicted molar refractivity (Wildman–Crippen MR) is 144 cm³/mol. The molecule has 0 spiro atoms. The third-order valence-corrected chi connectivity index (χ3v) is 4.60.